The maximum absolute atomic E-state index is 12.8. The van der Waals surface area contributed by atoms with E-state index in [0.29, 0.717) is 18.4 Å². The molecule has 0 aromatic heterocycles. The second-order valence-electron chi connectivity index (χ2n) is 7.23. The van der Waals surface area contributed by atoms with Crippen molar-refractivity contribution in [3.8, 4) is 0 Å². The number of methoxy groups -OCH3 is 1. The molecule has 1 aliphatic carbocycles. The number of likely N-dealkylation sites (tertiary alicyclic amines) is 1. The number of nitrogens with zero attached hydrogens (tertiary/aromatic N) is 2. The van der Waals surface area contributed by atoms with Crippen molar-refractivity contribution in [2.24, 2.45) is 11.8 Å². The van der Waals surface area contributed by atoms with Crippen molar-refractivity contribution in [3.63, 3.8) is 0 Å². The van der Waals surface area contributed by atoms with Crippen LogP contribution in [0.2, 0.25) is 0 Å². The van der Waals surface area contributed by atoms with Crippen molar-refractivity contribution in [2.75, 3.05) is 33.4 Å². The monoisotopic (exact) mass is 344 g/mol. The molecule has 2 bridgehead atoms. The Labute approximate surface area is 147 Å². The van der Waals surface area contributed by atoms with Crippen LogP contribution >= 0.6 is 0 Å². The number of cyclic esters (lactones) is 1. The zero-order valence-corrected chi connectivity index (χ0v) is 14.5. The van der Waals surface area contributed by atoms with Gasteiger partial charge in [-0.25, -0.2) is 4.79 Å². The molecule has 2 saturated heterocycles. The van der Waals surface area contributed by atoms with E-state index in [1.54, 1.807) is 12.0 Å². The number of carbonyl (C=O) groups is 2. The van der Waals surface area contributed by atoms with Gasteiger partial charge in [-0.05, 0) is 18.4 Å². The average molecular weight is 344 g/mol. The molecule has 1 aromatic carbocycles. The maximum Gasteiger partial charge on any atom is 0.410 e. The number of ether oxygens (including phenoxy) is 2. The predicted octanol–water partition coefficient (Wildman–Crippen LogP) is 2.06. The third kappa shape index (κ3) is 2.99. The van der Waals surface area contributed by atoms with Crippen LogP contribution in [0.1, 0.15) is 24.4 Å². The second kappa shape index (κ2) is 6.67. The first kappa shape index (κ1) is 16.4. The Hall–Kier alpha value is -2.08. The summed E-state index contributed by atoms with van der Waals surface area (Å²) >= 11 is 0. The molecule has 134 valence electrons. The van der Waals surface area contributed by atoms with Gasteiger partial charge >= 0.3 is 6.09 Å². The summed E-state index contributed by atoms with van der Waals surface area (Å²) in [7, 11) is 1.76. The number of piperidine rings is 1. The highest BCUT2D eigenvalue weighted by molar-refractivity contribution is 5.83. The Kier molecular flexibility index (Phi) is 4.37. The lowest BCUT2D eigenvalue weighted by atomic mass is 9.95. The average Bonchev–Trinajstić information content (AvgIpc) is 3.11. The topological polar surface area (TPSA) is 59.1 Å². The first-order valence-corrected chi connectivity index (χ1v) is 8.96. The van der Waals surface area contributed by atoms with Crippen LogP contribution in [0.4, 0.5) is 4.79 Å². The summed E-state index contributed by atoms with van der Waals surface area (Å²) in [5.41, 5.74) is 0.999. The number of hydrogen-bond donors (Lipinski definition) is 0. The summed E-state index contributed by atoms with van der Waals surface area (Å²) in [6.45, 7) is 1.84. The minimum Gasteiger partial charge on any atom is -0.447 e. The van der Waals surface area contributed by atoms with Crippen LogP contribution in [0.5, 0.6) is 0 Å². The van der Waals surface area contributed by atoms with Gasteiger partial charge in [0, 0.05) is 32.0 Å². The molecule has 3 fully saturated rings. The van der Waals surface area contributed by atoms with Crippen LogP contribution in [0.25, 0.3) is 0 Å². The molecule has 0 spiro atoms. The Balaban J connectivity index is 1.44. The van der Waals surface area contributed by atoms with Crippen LogP contribution in [-0.4, -0.2) is 61.3 Å². The Morgan fingerprint density at radius 1 is 1.20 bits per heavy atom. The molecule has 1 saturated carbocycles. The number of carbonyl (C=O) groups excluding carboxylic acids is 2. The highest BCUT2D eigenvalue weighted by Crippen LogP contribution is 2.38. The van der Waals surface area contributed by atoms with E-state index in [0.717, 1.165) is 31.5 Å². The minimum absolute atomic E-state index is 0.00577. The SMILES string of the molecule is COC1C2CCC1CN(C(=O)CN1C(=O)OCC1c1ccccc1)C2. The smallest absolute Gasteiger partial charge is 0.410 e. The number of benzene rings is 1. The van der Waals surface area contributed by atoms with Crippen LogP contribution in [0.3, 0.4) is 0 Å². The summed E-state index contributed by atoms with van der Waals surface area (Å²) in [5.74, 6) is 0.845. The molecule has 3 unspecified atom stereocenters. The van der Waals surface area contributed by atoms with Gasteiger partial charge in [0.1, 0.15) is 13.2 Å². The molecule has 3 aliphatic rings. The fraction of sp³-hybridized carbons (Fsp3) is 0.579. The molecule has 6 heteroatoms. The van der Waals surface area contributed by atoms with Gasteiger partial charge in [-0.3, -0.25) is 9.69 Å². The van der Waals surface area contributed by atoms with E-state index in [-0.39, 0.29) is 24.6 Å². The van der Waals surface area contributed by atoms with Gasteiger partial charge in [0.25, 0.3) is 0 Å². The molecule has 25 heavy (non-hydrogen) atoms. The van der Waals surface area contributed by atoms with E-state index in [9.17, 15) is 9.59 Å². The molecule has 2 aliphatic heterocycles. The Morgan fingerprint density at radius 2 is 1.88 bits per heavy atom. The van der Waals surface area contributed by atoms with E-state index in [4.69, 9.17) is 9.47 Å². The summed E-state index contributed by atoms with van der Waals surface area (Å²) < 4.78 is 10.8. The van der Waals surface area contributed by atoms with Gasteiger partial charge in [0.2, 0.25) is 5.91 Å². The standard InChI is InChI=1S/C19H24N2O4/c1-24-18-14-7-8-15(18)10-20(9-14)17(22)11-21-16(12-25-19(21)23)13-5-3-2-4-6-13/h2-6,14-16,18H,7-12H2,1H3. The van der Waals surface area contributed by atoms with Crippen molar-refractivity contribution >= 4 is 12.0 Å². The fourth-order valence-corrected chi connectivity index (χ4v) is 4.58. The highest BCUT2D eigenvalue weighted by atomic mass is 16.6. The third-order valence-corrected chi connectivity index (χ3v) is 5.84. The molecule has 2 amide bonds. The van der Waals surface area contributed by atoms with E-state index >= 15 is 0 Å². The van der Waals surface area contributed by atoms with Crippen molar-refractivity contribution in [1.29, 1.82) is 0 Å². The van der Waals surface area contributed by atoms with Gasteiger partial charge in [-0.2, -0.15) is 0 Å². The minimum atomic E-state index is -0.406. The maximum atomic E-state index is 12.8. The molecule has 6 nitrogen and oxygen atoms in total. The Morgan fingerprint density at radius 3 is 2.52 bits per heavy atom. The molecule has 2 heterocycles. The van der Waals surface area contributed by atoms with Gasteiger partial charge < -0.3 is 14.4 Å². The third-order valence-electron chi connectivity index (χ3n) is 5.84. The lowest BCUT2D eigenvalue weighted by Crippen LogP contribution is -2.51. The van der Waals surface area contributed by atoms with Crippen molar-refractivity contribution < 1.29 is 19.1 Å². The molecule has 3 atom stereocenters. The Bertz CT molecular complexity index is 636. The summed E-state index contributed by atoms with van der Waals surface area (Å²) in [6.07, 6.45) is 2.10. The number of fused-ring (bicyclic) bond motifs is 2. The van der Waals surface area contributed by atoms with Crippen molar-refractivity contribution in [3.05, 3.63) is 35.9 Å². The molecule has 4 rings (SSSR count). The quantitative estimate of drug-likeness (QED) is 0.839. The van der Waals surface area contributed by atoms with E-state index in [2.05, 4.69) is 0 Å². The zero-order valence-electron chi connectivity index (χ0n) is 14.5. The highest BCUT2D eigenvalue weighted by Gasteiger charge is 2.44. The molecule has 0 radical (unpaired) electrons. The van der Waals surface area contributed by atoms with Crippen LogP contribution in [0.15, 0.2) is 30.3 Å². The van der Waals surface area contributed by atoms with Gasteiger partial charge in [0.15, 0.2) is 0 Å². The number of hydrogen-bond acceptors (Lipinski definition) is 4. The molecule has 1 aromatic rings. The van der Waals surface area contributed by atoms with E-state index in [1.165, 1.54) is 0 Å². The van der Waals surface area contributed by atoms with Gasteiger partial charge in [-0.1, -0.05) is 30.3 Å². The van der Waals surface area contributed by atoms with E-state index in [1.807, 2.05) is 35.2 Å². The molecular formula is C19H24N2O4. The molecule has 0 N–H and O–H groups in total. The molecular weight excluding hydrogens is 320 g/mol. The lowest BCUT2D eigenvalue weighted by Gasteiger charge is -2.38. The predicted molar refractivity (Wildman–Crippen MR) is 90.8 cm³/mol. The summed E-state index contributed by atoms with van der Waals surface area (Å²) in [6, 6.07) is 9.55. The largest absolute Gasteiger partial charge is 0.447 e. The van der Waals surface area contributed by atoms with E-state index < -0.39 is 6.09 Å². The summed E-state index contributed by atoms with van der Waals surface area (Å²) in [4.78, 5) is 28.4. The fourth-order valence-electron chi connectivity index (χ4n) is 4.58. The van der Waals surface area contributed by atoms with Gasteiger partial charge in [-0.15, -0.1) is 0 Å². The first-order valence-electron chi connectivity index (χ1n) is 8.96. The second-order valence-corrected chi connectivity index (χ2v) is 7.23. The van der Waals surface area contributed by atoms with Gasteiger partial charge in [0.05, 0.1) is 12.1 Å². The lowest BCUT2D eigenvalue weighted by molar-refractivity contribution is -0.137. The first-order chi connectivity index (χ1) is 12.2. The summed E-state index contributed by atoms with van der Waals surface area (Å²) in [5, 5.41) is 0. The zero-order chi connectivity index (χ0) is 17.4. The van der Waals surface area contributed by atoms with Crippen LogP contribution in [0, 0.1) is 11.8 Å². The number of rotatable bonds is 4. The van der Waals surface area contributed by atoms with Crippen molar-refractivity contribution in [2.45, 2.75) is 25.0 Å². The normalized spacial score (nSPS) is 31.3. The van der Waals surface area contributed by atoms with Crippen LogP contribution in [-0.2, 0) is 14.3 Å². The van der Waals surface area contributed by atoms with Crippen LogP contribution < -0.4 is 0 Å². The number of amides is 2. The van der Waals surface area contributed by atoms with Crippen molar-refractivity contribution in [1.82, 2.24) is 9.80 Å².